The predicted molar refractivity (Wildman–Crippen MR) is 78.5 cm³/mol. The van der Waals surface area contributed by atoms with Crippen molar-refractivity contribution in [1.29, 1.82) is 0 Å². The molecule has 1 aromatic carbocycles. The Morgan fingerprint density at radius 1 is 1.23 bits per heavy atom. The van der Waals surface area contributed by atoms with E-state index in [0.29, 0.717) is 5.56 Å². The molecular weight excluding hydrogens is 282 g/mol. The predicted octanol–water partition coefficient (Wildman–Crippen LogP) is 2.05. The van der Waals surface area contributed by atoms with E-state index in [1.165, 1.54) is 11.0 Å². The van der Waals surface area contributed by atoms with Crippen molar-refractivity contribution < 1.29 is 9.21 Å². The number of hydrogen-bond donors (Lipinski definition) is 1. The Labute approximate surface area is 126 Å². The summed E-state index contributed by atoms with van der Waals surface area (Å²) >= 11 is 0. The van der Waals surface area contributed by atoms with Crippen LogP contribution in [0.5, 0.6) is 0 Å². The average molecular weight is 297 g/mol. The monoisotopic (exact) mass is 297 g/mol. The number of amides is 1. The summed E-state index contributed by atoms with van der Waals surface area (Å²) < 4.78 is 7.03. The van der Waals surface area contributed by atoms with E-state index in [1.807, 2.05) is 26.0 Å². The highest BCUT2D eigenvalue weighted by molar-refractivity contribution is 5.94. The number of tetrazole rings is 1. The van der Waals surface area contributed by atoms with Crippen molar-refractivity contribution in [3.8, 4) is 5.69 Å². The summed E-state index contributed by atoms with van der Waals surface area (Å²) in [5, 5.41) is 13.8. The molecule has 0 saturated carbocycles. The van der Waals surface area contributed by atoms with E-state index in [1.54, 1.807) is 24.3 Å². The fourth-order valence-electron chi connectivity index (χ4n) is 2.08. The number of nitrogens with zero attached hydrogens (tertiary/aromatic N) is 4. The maximum atomic E-state index is 12.2. The van der Waals surface area contributed by atoms with Gasteiger partial charge in [0.15, 0.2) is 0 Å². The SMILES string of the molecule is Cc1ccc(C(C)NC(=O)c2ccc(-n3cnnn3)cc2)o1. The van der Waals surface area contributed by atoms with Gasteiger partial charge in [0.25, 0.3) is 5.91 Å². The minimum absolute atomic E-state index is 0.162. The quantitative estimate of drug-likeness (QED) is 0.796. The van der Waals surface area contributed by atoms with Gasteiger partial charge in [-0.05, 0) is 60.7 Å². The molecule has 1 atom stereocenters. The van der Waals surface area contributed by atoms with E-state index in [9.17, 15) is 4.79 Å². The Morgan fingerprint density at radius 2 is 2.00 bits per heavy atom. The Hall–Kier alpha value is -2.96. The Balaban J connectivity index is 1.70. The van der Waals surface area contributed by atoms with Crippen molar-refractivity contribution in [2.75, 3.05) is 0 Å². The number of hydrogen-bond acceptors (Lipinski definition) is 5. The fraction of sp³-hybridized carbons (Fsp3) is 0.200. The second-order valence-electron chi connectivity index (χ2n) is 4.94. The van der Waals surface area contributed by atoms with Gasteiger partial charge in [-0.2, -0.15) is 0 Å². The molecule has 2 heterocycles. The van der Waals surface area contributed by atoms with Crippen LogP contribution >= 0.6 is 0 Å². The summed E-state index contributed by atoms with van der Waals surface area (Å²) in [6.45, 7) is 3.75. The molecule has 22 heavy (non-hydrogen) atoms. The standard InChI is InChI=1S/C15H15N5O2/c1-10-3-8-14(22-10)11(2)17-15(21)12-4-6-13(7-5-12)20-9-16-18-19-20/h3-9,11H,1-2H3,(H,17,21). The lowest BCUT2D eigenvalue weighted by Crippen LogP contribution is -2.26. The van der Waals surface area contributed by atoms with Crippen LogP contribution in [0.15, 0.2) is 47.1 Å². The van der Waals surface area contributed by atoms with Crippen LogP contribution < -0.4 is 5.32 Å². The van der Waals surface area contributed by atoms with Crippen molar-refractivity contribution in [3.05, 3.63) is 59.8 Å². The number of carbonyl (C=O) groups excluding carboxylic acids is 1. The van der Waals surface area contributed by atoms with E-state index in [4.69, 9.17) is 4.42 Å². The smallest absolute Gasteiger partial charge is 0.251 e. The zero-order valence-corrected chi connectivity index (χ0v) is 12.2. The second-order valence-corrected chi connectivity index (χ2v) is 4.94. The molecule has 0 spiro atoms. The lowest BCUT2D eigenvalue weighted by Gasteiger charge is -2.11. The first kappa shape index (κ1) is 14.0. The van der Waals surface area contributed by atoms with Gasteiger partial charge < -0.3 is 9.73 Å². The first-order chi connectivity index (χ1) is 10.6. The number of nitrogens with one attached hydrogen (secondary N) is 1. The number of furan rings is 1. The molecule has 0 aliphatic rings. The maximum absolute atomic E-state index is 12.2. The lowest BCUT2D eigenvalue weighted by atomic mass is 10.1. The third kappa shape index (κ3) is 2.88. The van der Waals surface area contributed by atoms with Crippen molar-refractivity contribution >= 4 is 5.91 Å². The Bertz CT molecular complexity index is 762. The second kappa shape index (κ2) is 5.80. The van der Waals surface area contributed by atoms with Gasteiger partial charge in [0.2, 0.25) is 0 Å². The van der Waals surface area contributed by atoms with Crippen LogP contribution in [-0.4, -0.2) is 26.1 Å². The molecule has 0 radical (unpaired) electrons. The van der Waals surface area contributed by atoms with E-state index in [0.717, 1.165) is 17.2 Å². The largest absolute Gasteiger partial charge is 0.464 e. The van der Waals surface area contributed by atoms with Crippen LogP contribution in [0.4, 0.5) is 0 Å². The molecule has 1 unspecified atom stereocenters. The summed E-state index contributed by atoms with van der Waals surface area (Å²) in [7, 11) is 0. The van der Waals surface area contributed by atoms with Gasteiger partial charge in [0, 0.05) is 5.56 Å². The van der Waals surface area contributed by atoms with E-state index in [2.05, 4.69) is 20.8 Å². The molecule has 7 nitrogen and oxygen atoms in total. The minimum Gasteiger partial charge on any atom is -0.464 e. The molecule has 3 rings (SSSR count). The molecule has 0 aliphatic carbocycles. The topological polar surface area (TPSA) is 85.8 Å². The van der Waals surface area contributed by atoms with Crippen LogP contribution in [-0.2, 0) is 0 Å². The number of aryl methyl sites for hydroxylation is 1. The highest BCUT2D eigenvalue weighted by Crippen LogP contribution is 2.16. The molecule has 0 bridgehead atoms. The summed E-state index contributed by atoms with van der Waals surface area (Å²) in [6.07, 6.45) is 1.50. The van der Waals surface area contributed by atoms with Crippen LogP contribution in [0.3, 0.4) is 0 Å². The molecule has 3 aromatic rings. The lowest BCUT2D eigenvalue weighted by molar-refractivity contribution is 0.0935. The molecular formula is C15H15N5O2. The molecule has 112 valence electrons. The fourth-order valence-corrected chi connectivity index (χ4v) is 2.08. The number of rotatable bonds is 4. The summed E-state index contributed by atoms with van der Waals surface area (Å²) in [5.74, 6) is 1.39. The molecule has 0 fully saturated rings. The number of benzene rings is 1. The molecule has 1 N–H and O–H groups in total. The maximum Gasteiger partial charge on any atom is 0.251 e. The normalized spacial score (nSPS) is 12.1. The van der Waals surface area contributed by atoms with E-state index >= 15 is 0 Å². The third-order valence-electron chi connectivity index (χ3n) is 3.28. The molecule has 0 aliphatic heterocycles. The van der Waals surface area contributed by atoms with Crippen LogP contribution in [0, 0.1) is 6.92 Å². The zero-order chi connectivity index (χ0) is 15.5. The van der Waals surface area contributed by atoms with Crippen molar-refractivity contribution in [2.45, 2.75) is 19.9 Å². The zero-order valence-electron chi connectivity index (χ0n) is 12.2. The van der Waals surface area contributed by atoms with Crippen molar-refractivity contribution in [1.82, 2.24) is 25.5 Å². The van der Waals surface area contributed by atoms with Gasteiger partial charge in [0.1, 0.15) is 17.8 Å². The van der Waals surface area contributed by atoms with Crippen molar-refractivity contribution in [3.63, 3.8) is 0 Å². The van der Waals surface area contributed by atoms with Gasteiger partial charge in [-0.1, -0.05) is 0 Å². The van der Waals surface area contributed by atoms with Gasteiger partial charge in [-0.15, -0.1) is 5.10 Å². The Morgan fingerprint density at radius 3 is 2.59 bits per heavy atom. The molecule has 1 amide bonds. The highest BCUT2D eigenvalue weighted by Gasteiger charge is 2.14. The van der Waals surface area contributed by atoms with Crippen molar-refractivity contribution in [2.24, 2.45) is 0 Å². The van der Waals surface area contributed by atoms with Gasteiger partial charge in [-0.3, -0.25) is 4.79 Å². The molecule has 7 heteroatoms. The van der Waals surface area contributed by atoms with Gasteiger partial charge in [0.05, 0.1) is 11.7 Å². The first-order valence-electron chi connectivity index (χ1n) is 6.84. The van der Waals surface area contributed by atoms with Crippen LogP contribution in [0.25, 0.3) is 5.69 Å². The Kier molecular flexibility index (Phi) is 3.69. The van der Waals surface area contributed by atoms with Crippen LogP contribution in [0.1, 0.15) is 34.8 Å². The number of aromatic nitrogens is 4. The summed E-state index contributed by atoms with van der Waals surface area (Å²) in [4.78, 5) is 12.2. The minimum atomic E-state index is -0.194. The van der Waals surface area contributed by atoms with Crippen LogP contribution in [0.2, 0.25) is 0 Å². The van der Waals surface area contributed by atoms with E-state index < -0.39 is 0 Å². The summed E-state index contributed by atoms with van der Waals surface area (Å²) in [6, 6.07) is 10.6. The average Bonchev–Trinajstić information content (AvgIpc) is 3.18. The van der Waals surface area contributed by atoms with E-state index in [-0.39, 0.29) is 11.9 Å². The summed E-state index contributed by atoms with van der Waals surface area (Å²) in [5.41, 5.74) is 1.35. The number of carbonyl (C=O) groups is 1. The van der Waals surface area contributed by atoms with Gasteiger partial charge in [-0.25, -0.2) is 4.68 Å². The first-order valence-corrected chi connectivity index (χ1v) is 6.84. The molecule has 0 saturated heterocycles. The third-order valence-corrected chi connectivity index (χ3v) is 3.28. The highest BCUT2D eigenvalue weighted by atomic mass is 16.3. The van der Waals surface area contributed by atoms with Gasteiger partial charge >= 0.3 is 0 Å². The molecule has 2 aromatic heterocycles.